The molecule has 2 aromatic heterocycles. The minimum Gasteiger partial charge on any atom is -0.471 e. The van der Waals surface area contributed by atoms with E-state index in [1.165, 1.54) is 0 Å². The zero-order valence-corrected chi connectivity index (χ0v) is 12.7. The first-order valence-corrected chi connectivity index (χ1v) is 7.56. The van der Waals surface area contributed by atoms with Crippen molar-refractivity contribution in [3.05, 3.63) is 42.4 Å². The molecule has 0 saturated carbocycles. The third-order valence-corrected chi connectivity index (χ3v) is 3.78. The van der Waals surface area contributed by atoms with Gasteiger partial charge in [-0.25, -0.2) is 0 Å². The standard InChI is InChI=1S/C16H20N4O2/c1-13-6-7-15(18-17-13)22-14-5-4-10-20(11-14)16(21)12-19-8-2-3-9-19/h2-3,6-9,14H,4-5,10-12H2,1H3/t14-/m1/s1. The van der Waals surface area contributed by atoms with E-state index in [4.69, 9.17) is 4.74 Å². The van der Waals surface area contributed by atoms with Crippen molar-refractivity contribution in [1.29, 1.82) is 0 Å². The van der Waals surface area contributed by atoms with Crippen LogP contribution in [0.15, 0.2) is 36.7 Å². The Morgan fingerprint density at radius 1 is 1.32 bits per heavy atom. The van der Waals surface area contributed by atoms with Crippen LogP contribution in [-0.4, -0.2) is 44.8 Å². The molecule has 0 aromatic carbocycles. The van der Waals surface area contributed by atoms with Crippen molar-refractivity contribution in [2.45, 2.75) is 32.4 Å². The molecule has 116 valence electrons. The molecule has 1 aliphatic heterocycles. The summed E-state index contributed by atoms with van der Waals surface area (Å²) in [4.78, 5) is 14.2. The molecule has 0 radical (unpaired) electrons. The van der Waals surface area contributed by atoms with E-state index in [0.717, 1.165) is 25.1 Å². The molecule has 2 aromatic rings. The molecule has 3 rings (SSSR count). The Hall–Kier alpha value is -2.37. The minimum absolute atomic E-state index is 0.0145. The predicted molar refractivity (Wildman–Crippen MR) is 81.4 cm³/mol. The minimum atomic E-state index is -0.0145. The Kier molecular flexibility index (Phi) is 4.37. The summed E-state index contributed by atoms with van der Waals surface area (Å²) in [7, 11) is 0. The molecule has 3 heterocycles. The van der Waals surface area contributed by atoms with Crippen molar-refractivity contribution in [3.8, 4) is 5.88 Å². The van der Waals surface area contributed by atoms with Gasteiger partial charge in [0.15, 0.2) is 0 Å². The molecule has 6 nitrogen and oxygen atoms in total. The number of piperidine rings is 1. The maximum Gasteiger partial charge on any atom is 0.242 e. The highest BCUT2D eigenvalue weighted by Gasteiger charge is 2.25. The molecule has 0 aliphatic carbocycles. The number of hydrogen-bond donors (Lipinski definition) is 0. The Balaban J connectivity index is 1.56. The number of likely N-dealkylation sites (tertiary alicyclic amines) is 1. The van der Waals surface area contributed by atoms with Crippen molar-refractivity contribution in [2.75, 3.05) is 13.1 Å². The molecule has 1 aliphatic rings. The van der Waals surface area contributed by atoms with Gasteiger partial charge in [-0.2, -0.15) is 5.10 Å². The van der Waals surface area contributed by atoms with E-state index in [1.807, 2.05) is 53.0 Å². The molecule has 6 heteroatoms. The highest BCUT2D eigenvalue weighted by atomic mass is 16.5. The molecule has 0 N–H and O–H groups in total. The van der Waals surface area contributed by atoms with E-state index >= 15 is 0 Å². The first-order valence-electron chi connectivity index (χ1n) is 7.56. The molecule has 1 amide bonds. The van der Waals surface area contributed by atoms with Gasteiger partial charge in [0.1, 0.15) is 12.6 Å². The van der Waals surface area contributed by atoms with E-state index in [0.29, 0.717) is 19.0 Å². The van der Waals surface area contributed by atoms with Gasteiger partial charge in [-0.15, -0.1) is 5.10 Å². The average molecular weight is 300 g/mol. The fourth-order valence-electron chi connectivity index (χ4n) is 2.61. The Bertz CT molecular complexity index is 610. The lowest BCUT2D eigenvalue weighted by atomic mass is 10.1. The molecule has 1 fully saturated rings. The van der Waals surface area contributed by atoms with Crippen LogP contribution >= 0.6 is 0 Å². The summed E-state index contributed by atoms with van der Waals surface area (Å²) in [6, 6.07) is 7.54. The van der Waals surface area contributed by atoms with Crippen molar-refractivity contribution in [1.82, 2.24) is 19.7 Å². The fourth-order valence-corrected chi connectivity index (χ4v) is 2.61. The number of hydrogen-bond acceptors (Lipinski definition) is 4. The molecular formula is C16H20N4O2. The normalized spacial score (nSPS) is 18.2. The van der Waals surface area contributed by atoms with Gasteiger partial charge >= 0.3 is 0 Å². The summed E-state index contributed by atoms with van der Waals surface area (Å²) in [5.41, 5.74) is 0.861. The van der Waals surface area contributed by atoms with E-state index in [1.54, 1.807) is 0 Å². The van der Waals surface area contributed by atoms with Gasteiger partial charge in [0.2, 0.25) is 11.8 Å². The SMILES string of the molecule is Cc1ccc(O[C@@H]2CCCN(C(=O)Cn3cccc3)C2)nn1. The van der Waals surface area contributed by atoms with Gasteiger partial charge < -0.3 is 14.2 Å². The molecule has 1 atom stereocenters. The van der Waals surface area contributed by atoms with Crippen molar-refractivity contribution >= 4 is 5.91 Å². The molecule has 0 unspecified atom stereocenters. The third kappa shape index (κ3) is 3.63. The number of nitrogens with zero attached hydrogens (tertiary/aromatic N) is 4. The largest absolute Gasteiger partial charge is 0.471 e. The molecule has 22 heavy (non-hydrogen) atoms. The van der Waals surface area contributed by atoms with Crippen LogP contribution in [0.5, 0.6) is 5.88 Å². The first-order chi connectivity index (χ1) is 10.7. The Morgan fingerprint density at radius 3 is 2.86 bits per heavy atom. The van der Waals surface area contributed by atoms with E-state index in [2.05, 4.69) is 10.2 Å². The smallest absolute Gasteiger partial charge is 0.242 e. The molecule has 1 saturated heterocycles. The van der Waals surface area contributed by atoms with Crippen LogP contribution in [0, 0.1) is 6.92 Å². The fraction of sp³-hybridized carbons (Fsp3) is 0.438. The van der Waals surface area contributed by atoms with Crippen LogP contribution < -0.4 is 4.74 Å². The number of rotatable bonds is 4. The summed E-state index contributed by atoms with van der Waals surface area (Å²) >= 11 is 0. The lowest BCUT2D eigenvalue weighted by molar-refractivity contribution is -0.134. The number of ether oxygens (including phenoxy) is 1. The maximum atomic E-state index is 12.3. The zero-order chi connectivity index (χ0) is 15.4. The Morgan fingerprint density at radius 2 is 2.14 bits per heavy atom. The van der Waals surface area contributed by atoms with Gasteiger partial charge in [0, 0.05) is 25.0 Å². The second kappa shape index (κ2) is 6.60. The molecule has 0 bridgehead atoms. The lowest BCUT2D eigenvalue weighted by Crippen LogP contribution is -2.45. The number of aryl methyl sites for hydroxylation is 1. The van der Waals surface area contributed by atoms with Gasteiger partial charge in [-0.1, -0.05) is 0 Å². The topological polar surface area (TPSA) is 60.2 Å². The van der Waals surface area contributed by atoms with Crippen molar-refractivity contribution < 1.29 is 9.53 Å². The van der Waals surface area contributed by atoms with Crippen LogP contribution in [0.25, 0.3) is 0 Å². The summed E-state index contributed by atoms with van der Waals surface area (Å²) < 4.78 is 7.74. The van der Waals surface area contributed by atoms with Crippen LogP contribution in [0.2, 0.25) is 0 Å². The molecule has 0 spiro atoms. The highest BCUT2D eigenvalue weighted by Crippen LogP contribution is 2.16. The van der Waals surface area contributed by atoms with Gasteiger partial charge in [-0.05, 0) is 38.0 Å². The van der Waals surface area contributed by atoms with Gasteiger partial charge in [0.05, 0.1) is 12.2 Å². The number of amides is 1. The second-order valence-electron chi connectivity index (χ2n) is 5.59. The Labute approximate surface area is 129 Å². The summed E-state index contributed by atoms with van der Waals surface area (Å²) in [6.07, 6.45) is 5.67. The monoisotopic (exact) mass is 300 g/mol. The van der Waals surface area contributed by atoms with Gasteiger partial charge in [0.25, 0.3) is 0 Å². The van der Waals surface area contributed by atoms with Crippen LogP contribution in [0.3, 0.4) is 0 Å². The van der Waals surface area contributed by atoms with Crippen LogP contribution in [0.4, 0.5) is 0 Å². The first kappa shape index (κ1) is 14.6. The van der Waals surface area contributed by atoms with Crippen molar-refractivity contribution in [3.63, 3.8) is 0 Å². The third-order valence-electron chi connectivity index (χ3n) is 3.78. The van der Waals surface area contributed by atoms with E-state index in [9.17, 15) is 4.79 Å². The zero-order valence-electron chi connectivity index (χ0n) is 12.7. The predicted octanol–water partition coefficient (Wildman–Crippen LogP) is 1.66. The average Bonchev–Trinajstić information content (AvgIpc) is 3.03. The van der Waals surface area contributed by atoms with Crippen LogP contribution in [-0.2, 0) is 11.3 Å². The van der Waals surface area contributed by atoms with E-state index < -0.39 is 0 Å². The number of aromatic nitrogens is 3. The number of carbonyl (C=O) groups is 1. The van der Waals surface area contributed by atoms with Gasteiger partial charge in [-0.3, -0.25) is 4.79 Å². The second-order valence-corrected chi connectivity index (χ2v) is 5.59. The summed E-state index contributed by atoms with van der Waals surface area (Å²) in [5.74, 6) is 0.648. The van der Waals surface area contributed by atoms with Crippen molar-refractivity contribution in [2.24, 2.45) is 0 Å². The number of carbonyl (C=O) groups excluding carboxylic acids is 1. The lowest BCUT2D eigenvalue weighted by Gasteiger charge is -2.32. The summed E-state index contributed by atoms with van der Waals surface area (Å²) in [5, 5.41) is 8.01. The summed E-state index contributed by atoms with van der Waals surface area (Å²) in [6.45, 7) is 3.66. The van der Waals surface area contributed by atoms with E-state index in [-0.39, 0.29) is 12.0 Å². The van der Waals surface area contributed by atoms with Crippen LogP contribution in [0.1, 0.15) is 18.5 Å². The maximum absolute atomic E-state index is 12.3. The quantitative estimate of drug-likeness (QED) is 0.861. The highest BCUT2D eigenvalue weighted by molar-refractivity contribution is 5.76. The molecular weight excluding hydrogens is 280 g/mol.